The fourth-order valence-corrected chi connectivity index (χ4v) is 2.76. The van der Waals surface area contributed by atoms with Gasteiger partial charge in [0.2, 0.25) is 0 Å². The molecule has 2 saturated heterocycles. The molecule has 2 aliphatic rings. The average molecular weight is 240 g/mol. The molecule has 0 bridgehead atoms. The molecule has 4 heteroatoms. The Kier molecular flexibility index (Phi) is 4.79. The van der Waals surface area contributed by atoms with Crippen LogP contribution in [0.4, 0.5) is 0 Å². The maximum Gasteiger partial charge on any atom is 0.0323 e. The van der Waals surface area contributed by atoms with Gasteiger partial charge < -0.3 is 15.5 Å². The Morgan fingerprint density at radius 2 is 1.82 bits per heavy atom. The van der Waals surface area contributed by atoms with Crippen LogP contribution in [0.2, 0.25) is 0 Å². The van der Waals surface area contributed by atoms with Gasteiger partial charge in [0, 0.05) is 57.9 Å². The van der Waals surface area contributed by atoms with E-state index in [1.807, 2.05) is 7.05 Å². The highest BCUT2D eigenvalue weighted by Crippen LogP contribution is 2.21. The molecule has 2 rings (SSSR count). The smallest absolute Gasteiger partial charge is 0.0323 e. The normalized spacial score (nSPS) is 24.0. The van der Waals surface area contributed by atoms with Gasteiger partial charge in [-0.15, -0.1) is 0 Å². The quantitative estimate of drug-likeness (QED) is 0.605. The van der Waals surface area contributed by atoms with Gasteiger partial charge >= 0.3 is 0 Å². The van der Waals surface area contributed by atoms with Gasteiger partial charge in [-0.05, 0) is 26.8 Å². The minimum atomic E-state index is 0.735. The van der Waals surface area contributed by atoms with Gasteiger partial charge in [0.05, 0.1) is 0 Å². The molecule has 2 heterocycles. The van der Waals surface area contributed by atoms with Crippen LogP contribution in [0.3, 0.4) is 0 Å². The van der Waals surface area contributed by atoms with Crippen molar-refractivity contribution in [2.45, 2.75) is 25.9 Å². The Labute approximate surface area is 106 Å². The second-order valence-electron chi connectivity index (χ2n) is 5.89. The first kappa shape index (κ1) is 13.3. The number of hydrogen-bond donors (Lipinski definition) is 2. The number of likely N-dealkylation sites (tertiary alicyclic amines) is 2. The molecule has 4 nitrogen and oxygen atoms in total. The average Bonchev–Trinajstić information content (AvgIpc) is 2.16. The van der Waals surface area contributed by atoms with Crippen molar-refractivity contribution in [2.75, 3.05) is 52.9 Å². The van der Waals surface area contributed by atoms with Crippen LogP contribution in [0.25, 0.3) is 0 Å². The zero-order valence-electron chi connectivity index (χ0n) is 11.6. The van der Waals surface area contributed by atoms with Gasteiger partial charge in [0.1, 0.15) is 0 Å². The van der Waals surface area contributed by atoms with E-state index in [0.717, 1.165) is 31.1 Å². The fraction of sp³-hybridized carbons (Fsp3) is 1.00. The molecule has 0 unspecified atom stereocenters. The SMILES string of the molecule is CNCCNC1CN(CC2CN(C(C)C)C2)C1. The third kappa shape index (κ3) is 3.65. The zero-order chi connectivity index (χ0) is 12.3. The second kappa shape index (κ2) is 6.14. The lowest BCUT2D eigenvalue weighted by atomic mass is 9.95. The highest BCUT2D eigenvalue weighted by molar-refractivity contribution is 4.91. The Morgan fingerprint density at radius 3 is 2.41 bits per heavy atom. The van der Waals surface area contributed by atoms with Crippen molar-refractivity contribution in [3.8, 4) is 0 Å². The first-order valence-electron chi connectivity index (χ1n) is 7.03. The van der Waals surface area contributed by atoms with Crippen LogP contribution >= 0.6 is 0 Å². The highest BCUT2D eigenvalue weighted by atomic mass is 15.3. The van der Waals surface area contributed by atoms with Crippen molar-refractivity contribution < 1.29 is 0 Å². The highest BCUT2D eigenvalue weighted by Gasteiger charge is 2.33. The summed E-state index contributed by atoms with van der Waals surface area (Å²) in [7, 11) is 2.01. The molecule has 0 atom stereocenters. The van der Waals surface area contributed by atoms with Gasteiger partial charge in [-0.25, -0.2) is 0 Å². The molecule has 0 amide bonds. The van der Waals surface area contributed by atoms with Crippen molar-refractivity contribution in [3.63, 3.8) is 0 Å². The van der Waals surface area contributed by atoms with Crippen molar-refractivity contribution in [1.29, 1.82) is 0 Å². The Hall–Kier alpha value is -0.160. The van der Waals surface area contributed by atoms with E-state index in [1.165, 1.54) is 32.7 Å². The van der Waals surface area contributed by atoms with Crippen LogP contribution in [0.5, 0.6) is 0 Å². The summed E-state index contributed by atoms with van der Waals surface area (Å²) < 4.78 is 0. The van der Waals surface area contributed by atoms with Gasteiger partial charge in [0.25, 0.3) is 0 Å². The fourth-order valence-electron chi connectivity index (χ4n) is 2.76. The maximum absolute atomic E-state index is 3.57. The molecular weight excluding hydrogens is 212 g/mol. The first-order chi connectivity index (χ1) is 8.19. The molecule has 0 aromatic rings. The topological polar surface area (TPSA) is 30.5 Å². The molecule has 2 fully saturated rings. The summed E-state index contributed by atoms with van der Waals surface area (Å²) in [5.41, 5.74) is 0. The molecule has 2 aliphatic heterocycles. The van der Waals surface area contributed by atoms with Gasteiger partial charge in [-0.2, -0.15) is 0 Å². The molecule has 0 aromatic heterocycles. The van der Waals surface area contributed by atoms with Crippen LogP contribution in [0.15, 0.2) is 0 Å². The minimum absolute atomic E-state index is 0.735. The third-order valence-electron chi connectivity index (χ3n) is 4.00. The van der Waals surface area contributed by atoms with Gasteiger partial charge in [-0.3, -0.25) is 4.90 Å². The van der Waals surface area contributed by atoms with Gasteiger partial charge in [0.15, 0.2) is 0 Å². The van der Waals surface area contributed by atoms with Crippen LogP contribution in [0, 0.1) is 5.92 Å². The summed E-state index contributed by atoms with van der Waals surface area (Å²) in [5.74, 6) is 0.927. The molecule has 2 N–H and O–H groups in total. The van der Waals surface area contributed by atoms with Crippen molar-refractivity contribution in [2.24, 2.45) is 5.92 Å². The summed E-state index contributed by atoms with van der Waals surface area (Å²) in [4.78, 5) is 5.16. The molecule has 100 valence electrons. The molecular formula is C13H28N4. The van der Waals surface area contributed by atoms with E-state index in [2.05, 4.69) is 34.3 Å². The van der Waals surface area contributed by atoms with Crippen LogP contribution in [-0.4, -0.2) is 74.7 Å². The Bertz CT molecular complexity index is 219. The Balaban J connectivity index is 1.48. The number of likely N-dealkylation sites (N-methyl/N-ethyl adjacent to an activating group) is 1. The molecule has 0 aliphatic carbocycles. The summed E-state index contributed by atoms with van der Waals surface area (Å²) in [5, 5.41) is 6.74. The summed E-state index contributed by atoms with van der Waals surface area (Å²) in [6.45, 7) is 13.2. The van der Waals surface area contributed by atoms with E-state index in [1.54, 1.807) is 0 Å². The van der Waals surface area contributed by atoms with Crippen LogP contribution < -0.4 is 10.6 Å². The van der Waals surface area contributed by atoms with E-state index >= 15 is 0 Å². The monoisotopic (exact) mass is 240 g/mol. The standard InChI is InChI=1S/C13H28N4/c1-11(2)17-7-12(8-17)6-16-9-13(10-16)15-5-4-14-3/h11-15H,4-10H2,1-3H3. The summed E-state index contributed by atoms with van der Waals surface area (Å²) in [6.07, 6.45) is 0. The second-order valence-corrected chi connectivity index (χ2v) is 5.89. The van der Waals surface area contributed by atoms with E-state index in [0.29, 0.717) is 0 Å². The molecule has 0 spiro atoms. The lowest BCUT2D eigenvalue weighted by Gasteiger charge is -2.48. The number of hydrogen-bond acceptors (Lipinski definition) is 4. The zero-order valence-corrected chi connectivity index (χ0v) is 11.6. The van der Waals surface area contributed by atoms with E-state index < -0.39 is 0 Å². The van der Waals surface area contributed by atoms with Crippen LogP contribution in [-0.2, 0) is 0 Å². The number of nitrogens with zero attached hydrogens (tertiary/aromatic N) is 2. The largest absolute Gasteiger partial charge is 0.318 e. The van der Waals surface area contributed by atoms with Gasteiger partial charge in [-0.1, -0.05) is 0 Å². The molecule has 0 saturated carbocycles. The number of nitrogens with one attached hydrogen (secondary N) is 2. The predicted octanol–water partition coefficient (Wildman–Crippen LogP) is -0.180. The Morgan fingerprint density at radius 1 is 1.12 bits per heavy atom. The minimum Gasteiger partial charge on any atom is -0.318 e. The van der Waals surface area contributed by atoms with Crippen LogP contribution in [0.1, 0.15) is 13.8 Å². The van der Waals surface area contributed by atoms with E-state index in [9.17, 15) is 0 Å². The lowest BCUT2D eigenvalue weighted by molar-refractivity contribution is 0.0169. The van der Waals surface area contributed by atoms with Crippen molar-refractivity contribution >= 4 is 0 Å². The summed E-state index contributed by atoms with van der Waals surface area (Å²) in [6, 6.07) is 1.48. The van der Waals surface area contributed by atoms with E-state index in [-0.39, 0.29) is 0 Å². The predicted molar refractivity (Wildman–Crippen MR) is 72.4 cm³/mol. The van der Waals surface area contributed by atoms with Crippen molar-refractivity contribution in [3.05, 3.63) is 0 Å². The third-order valence-corrected chi connectivity index (χ3v) is 4.00. The lowest BCUT2D eigenvalue weighted by Crippen LogP contribution is -2.62. The molecule has 0 radical (unpaired) electrons. The maximum atomic E-state index is 3.57. The van der Waals surface area contributed by atoms with Crippen molar-refractivity contribution in [1.82, 2.24) is 20.4 Å². The van der Waals surface area contributed by atoms with E-state index in [4.69, 9.17) is 0 Å². The summed E-state index contributed by atoms with van der Waals surface area (Å²) >= 11 is 0. The molecule has 0 aromatic carbocycles. The first-order valence-corrected chi connectivity index (χ1v) is 7.03. The molecule has 17 heavy (non-hydrogen) atoms. The number of rotatable bonds is 7.